The van der Waals surface area contributed by atoms with Crippen LogP contribution in [-0.2, 0) is 9.53 Å². The van der Waals surface area contributed by atoms with Gasteiger partial charge in [-0.2, -0.15) is 0 Å². The maximum Gasteiger partial charge on any atom is 0.306 e. The number of likely N-dealkylation sites (tertiary alicyclic amines) is 1. The van der Waals surface area contributed by atoms with Crippen molar-refractivity contribution in [2.45, 2.75) is 50.7 Å². The number of aliphatic carboxylic acids is 1. The molecule has 4 nitrogen and oxygen atoms in total. The molecule has 1 N–H and O–H groups in total. The summed E-state index contributed by atoms with van der Waals surface area (Å²) < 4.78 is 5.37. The van der Waals surface area contributed by atoms with Crippen LogP contribution in [0, 0.1) is 5.92 Å². The summed E-state index contributed by atoms with van der Waals surface area (Å²) >= 11 is 0. The second kappa shape index (κ2) is 5.83. The summed E-state index contributed by atoms with van der Waals surface area (Å²) in [7, 11) is 1.79. The van der Waals surface area contributed by atoms with Crippen molar-refractivity contribution < 1.29 is 14.6 Å². The number of hydrogen-bond acceptors (Lipinski definition) is 3. The second-order valence-electron chi connectivity index (χ2n) is 5.31. The molecule has 0 radical (unpaired) electrons. The summed E-state index contributed by atoms with van der Waals surface area (Å²) in [6, 6.07) is 0.614. The van der Waals surface area contributed by atoms with Crippen molar-refractivity contribution in [1.82, 2.24) is 4.90 Å². The Morgan fingerprint density at radius 3 is 2.18 bits per heavy atom. The van der Waals surface area contributed by atoms with Gasteiger partial charge < -0.3 is 14.7 Å². The van der Waals surface area contributed by atoms with Crippen LogP contribution < -0.4 is 0 Å². The number of carboxylic acid groups (broad SMARTS) is 1. The van der Waals surface area contributed by atoms with Gasteiger partial charge in [-0.25, -0.2) is 0 Å². The van der Waals surface area contributed by atoms with E-state index in [0.29, 0.717) is 12.1 Å². The summed E-state index contributed by atoms with van der Waals surface area (Å²) in [5.41, 5.74) is 0. The predicted octanol–water partition coefficient (Wildman–Crippen LogP) is 1.74. The summed E-state index contributed by atoms with van der Waals surface area (Å²) in [4.78, 5) is 13.4. The Hall–Kier alpha value is -0.610. The van der Waals surface area contributed by atoms with E-state index in [0.717, 1.165) is 51.6 Å². The van der Waals surface area contributed by atoms with Crippen molar-refractivity contribution in [2.75, 3.05) is 20.2 Å². The van der Waals surface area contributed by atoms with Gasteiger partial charge in [0.15, 0.2) is 0 Å². The lowest BCUT2D eigenvalue weighted by Crippen LogP contribution is -2.45. The van der Waals surface area contributed by atoms with Crippen LogP contribution in [0.4, 0.5) is 0 Å². The van der Waals surface area contributed by atoms with Crippen molar-refractivity contribution in [3.8, 4) is 0 Å². The van der Waals surface area contributed by atoms with Crippen LogP contribution in [0.25, 0.3) is 0 Å². The molecule has 1 aliphatic carbocycles. The summed E-state index contributed by atoms with van der Waals surface area (Å²) in [6.07, 6.45) is 6.48. The molecule has 2 fully saturated rings. The minimum atomic E-state index is -0.610. The van der Waals surface area contributed by atoms with Crippen LogP contribution in [0.1, 0.15) is 38.5 Å². The maximum atomic E-state index is 10.9. The van der Waals surface area contributed by atoms with Gasteiger partial charge in [0.25, 0.3) is 0 Å². The third kappa shape index (κ3) is 3.19. The molecule has 0 aromatic carbocycles. The molecule has 98 valence electrons. The van der Waals surface area contributed by atoms with Gasteiger partial charge in [-0.1, -0.05) is 0 Å². The SMILES string of the molecule is COC1CCN(C2CCC(C(=O)O)CC2)CC1. The van der Waals surface area contributed by atoms with E-state index in [1.807, 2.05) is 0 Å². The van der Waals surface area contributed by atoms with Gasteiger partial charge in [-0.3, -0.25) is 4.79 Å². The standard InChI is InChI=1S/C13H23NO3/c1-17-12-6-8-14(9-7-12)11-4-2-10(3-5-11)13(15)16/h10-12H,2-9H2,1H3,(H,15,16). The molecule has 0 unspecified atom stereocenters. The van der Waals surface area contributed by atoms with Gasteiger partial charge in [-0.05, 0) is 38.5 Å². The average Bonchev–Trinajstić information content (AvgIpc) is 2.39. The molecule has 1 saturated carbocycles. The van der Waals surface area contributed by atoms with Crippen molar-refractivity contribution in [3.05, 3.63) is 0 Å². The van der Waals surface area contributed by atoms with Crippen molar-refractivity contribution in [3.63, 3.8) is 0 Å². The maximum absolute atomic E-state index is 10.9. The predicted molar refractivity (Wildman–Crippen MR) is 65.0 cm³/mol. The zero-order valence-electron chi connectivity index (χ0n) is 10.6. The number of rotatable bonds is 3. The van der Waals surface area contributed by atoms with E-state index in [1.54, 1.807) is 7.11 Å². The first kappa shape index (κ1) is 12.8. The first-order valence-electron chi connectivity index (χ1n) is 6.70. The molecule has 2 aliphatic rings. The number of carboxylic acids is 1. The van der Waals surface area contributed by atoms with Crippen LogP contribution in [-0.4, -0.2) is 48.3 Å². The Morgan fingerprint density at radius 2 is 1.71 bits per heavy atom. The highest BCUT2D eigenvalue weighted by Crippen LogP contribution is 2.29. The summed E-state index contributed by atoms with van der Waals surface area (Å²) in [5.74, 6) is -0.704. The highest BCUT2D eigenvalue weighted by Gasteiger charge is 2.31. The van der Waals surface area contributed by atoms with Gasteiger partial charge in [0, 0.05) is 26.2 Å². The fraction of sp³-hybridized carbons (Fsp3) is 0.923. The second-order valence-corrected chi connectivity index (χ2v) is 5.31. The first-order valence-corrected chi connectivity index (χ1v) is 6.70. The Bertz CT molecular complexity index is 253. The first-order chi connectivity index (χ1) is 8.20. The van der Waals surface area contributed by atoms with Crippen LogP contribution in [0.15, 0.2) is 0 Å². The van der Waals surface area contributed by atoms with Crippen LogP contribution in [0.5, 0.6) is 0 Å². The van der Waals surface area contributed by atoms with Gasteiger partial charge in [0.05, 0.1) is 12.0 Å². The van der Waals surface area contributed by atoms with E-state index in [9.17, 15) is 4.79 Å². The van der Waals surface area contributed by atoms with Crippen molar-refractivity contribution in [2.24, 2.45) is 5.92 Å². The molecule has 2 rings (SSSR count). The quantitative estimate of drug-likeness (QED) is 0.817. The van der Waals surface area contributed by atoms with Gasteiger partial charge in [0.1, 0.15) is 0 Å². The molecular formula is C13H23NO3. The normalized spacial score (nSPS) is 32.5. The van der Waals surface area contributed by atoms with Crippen LogP contribution in [0.3, 0.4) is 0 Å². The monoisotopic (exact) mass is 241 g/mol. The number of hydrogen-bond donors (Lipinski definition) is 1. The average molecular weight is 241 g/mol. The molecule has 0 aromatic heterocycles. The Labute approximate surface area is 103 Å². The Kier molecular flexibility index (Phi) is 4.40. The number of piperidine rings is 1. The summed E-state index contributed by atoms with van der Waals surface area (Å²) in [5, 5.41) is 8.97. The highest BCUT2D eigenvalue weighted by atomic mass is 16.5. The molecule has 0 aromatic rings. The number of methoxy groups -OCH3 is 1. The molecule has 0 amide bonds. The van der Waals surface area contributed by atoms with E-state index in [2.05, 4.69) is 4.90 Å². The topological polar surface area (TPSA) is 49.8 Å². The fourth-order valence-electron chi connectivity index (χ4n) is 3.16. The minimum absolute atomic E-state index is 0.0947. The lowest BCUT2D eigenvalue weighted by atomic mass is 9.84. The van der Waals surface area contributed by atoms with E-state index in [-0.39, 0.29) is 5.92 Å². The highest BCUT2D eigenvalue weighted by molar-refractivity contribution is 5.70. The van der Waals surface area contributed by atoms with Crippen LogP contribution in [0.2, 0.25) is 0 Å². The molecule has 1 heterocycles. The molecule has 0 atom stereocenters. The molecule has 4 heteroatoms. The van der Waals surface area contributed by atoms with E-state index >= 15 is 0 Å². The molecular weight excluding hydrogens is 218 g/mol. The van der Waals surface area contributed by atoms with Crippen LogP contribution >= 0.6 is 0 Å². The number of carbonyl (C=O) groups is 1. The Balaban J connectivity index is 1.76. The smallest absolute Gasteiger partial charge is 0.306 e. The number of ether oxygens (including phenoxy) is 1. The molecule has 0 spiro atoms. The zero-order chi connectivity index (χ0) is 12.3. The lowest BCUT2D eigenvalue weighted by Gasteiger charge is -2.39. The van der Waals surface area contributed by atoms with E-state index in [4.69, 9.17) is 9.84 Å². The number of nitrogens with zero attached hydrogens (tertiary/aromatic N) is 1. The Morgan fingerprint density at radius 1 is 1.12 bits per heavy atom. The van der Waals surface area contributed by atoms with Crippen molar-refractivity contribution >= 4 is 5.97 Å². The lowest BCUT2D eigenvalue weighted by molar-refractivity contribution is -0.143. The zero-order valence-corrected chi connectivity index (χ0v) is 10.6. The van der Waals surface area contributed by atoms with Gasteiger partial charge >= 0.3 is 5.97 Å². The third-order valence-electron chi connectivity index (χ3n) is 4.37. The van der Waals surface area contributed by atoms with E-state index in [1.165, 1.54) is 0 Å². The van der Waals surface area contributed by atoms with Crippen molar-refractivity contribution in [1.29, 1.82) is 0 Å². The van der Waals surface area contributed by atoms with E-state index < -0.39 is 5.97 Å². The van der Waals surface area contributed by atoms with Gasteiger partial charge in [-0.15, -0.1) is 0 Å². The van der Waals surface area contributed by atoms with Gasteiger partial charge in [0.2, 0.25) is 0 Å². The minimum Gasteiger partial charge on any atom is -0.481 e. The molecule has 17 heavy (non-hydrogen) atoms. The fourth-order valence-corrected chi connectivity index (χ4v) is 3.16. The molecule has 1 aliphatic heterocycles. The largest absolute Gasteiger partial charge is 0.481 e. The molecule has 1 saturated heterocycles. The third-order valence-corrected chi connectivity index (χ3v) is 4.37. The summed E-state index contributed by atoms with van der Waals surface area (Å²) in [6.45, 7) is 2.22. The molecule has 0 bridgehead atoms.